The summed E-state index contributed by atoms with van der Waals surface area (Å²) in [7, 11) is 0. The number of ether oxygens (including phenoxy) is 1. The number of likely N-dealkylation sites (N-methyl/N-ethyl adjacent to an activating group) is 1. The number of carbonyl (C=O) groups is 1. The number of nitrogens with one attached hydrogen (secondary N) is 2. The van der Waals surface area contributed by atoms with Gasteiger partial charge in [-0.3, -0.25) is 0 Å². The molecule has 2 rings (SSSR count). The van der Waals surface area contributed by atoms with Gasteiger partial charge < -0.3 is 25.4 Å². The average molecular weight is 285 g/mol. The minimum Gasteiger partial charge on any atom is -0.388 e. The van der Waals surface area contributed by atoms with Gasteiger partial charge in [-0.15, -0.1) is 0 Å². The molecule has 2 amide bonds. The summed E-state index contributed by atoms with van der Waals surface area (Å²) in [6.07, 6.45) is 2.45. The molecule has 1 heterocycles. The van der Waals surface area contributed by atoms with Crippen molar-refractivity contribution in [3.8, 4) is 0 Å². The SMILES string of the molecule is CCN(CC)C[C@@H]1OC[C@H](NC(=O)NC2CCC2)[C@H]1O. The van der Waals surface area contributed by atoms with Gasteiger partial charge in [0, 0.05) is 12.6 Å². The Hall–Kier alpha value is -0.850. The van der Waals surface area contributed by atoms with Gasteiger partial charge in [0.05, 0.1) is 18.8 Å². The molecule has 1 aliphatic carbocycles. The van der Waals surface area contributed by atoms with Crippen LogP contribution in [0.25, 0.3) is 0 Å². The lowest BCUT2D eigenvalue weighted by atomic mass is 9.93. The van der Waals surface area contributed by atoms with Crippen LogP contribution in [0.2, 0.25) is 0 Å². The first-order chi connectivity index (χ1) is 9.63. The van der Waals surface area contributed by atoms with E-state index < -0.39 is 6.10 Å². The van der Waals surface area contributed by atoms with E-state index in [1.165, 1.54) is 6.42 Å². The first-order valence-electron chi connectivity index (χ1n) is 7.73. The first kappa shape index (κ1) is 15.5. The average Bonchev–Trinajstić information content (AvgIpc) is 2.73. The quantitative estimate of drug-likeness (QED) is 0.656. The molecule has 0 aromatic heterocycles. The van der Waals surface area contributed by atoms with E-state index >= 15 is 0 Å². The number of rotatable bonds is 6. The predicted octanol–water partition coefficient (Wildman–Crippen LogP) is 0.308. The van der Waals surface area contributed by atoms with Crippen molar-refractivity contribution >= 4 is 6.03 Å². The van der Waals surface area contributed by atoms with Crippen LogP contribution in [-0.4, -0.2) is 66.6 Å². The molecule has 0 unspecified atom stereocenters. The molecule has 2 fully saturated rings. The topological polar surface area (TPSA) is 73.8 Å². The van der Waals surface area contributed by atoms with Crippen LogP contribution in [0.3, 0.4) is 0 Å². The van der Waals surface area contributed by atoms with Gasteiger partial charge in [-0.1, -0.05) is 13.8 Å². The maximum atomic E-state index is 11.8. The van der Waals surface area contributed by atoms with Gasteiger partial charge in [0.2, 0.25) is 0 Å². The second kappa shape index (κ2) is 7.24. The van der Waals surface area contributed by atoms with Crippen molar-refractivity contribution in [2.75, 3.05) is 26.2 Å². The van der Waals surface area contributed by atoms with Gasteiger partial charge in [-0.05, 0) is 32.4 Å². The van der Waals surface area contributed by atoms with Crippen LogP contribution in [0, 0.1) is 0 Å². The number of amides is 2. The Morgan fingerprint density at radius 2 is 2.00 bits per heavy atom. The monoisotopic (exact) mass is 285 g/mol. The van der Waals surface area contributed by atoms with Crippen molar-refractivity contribution in [1.82, 2.24) is 15.5 Å². The lowest BCUT2D eigenvalue weighted by Gasteiger charge is -2.28. The maximum absolute atomic E-state index is 11.8. The van der Waals surface area contributed by atoms with Crippen LogP contribution in [-0.2, 0) is 4.74 Å². The van der Waals surface area contributed by atoms with Gasteiger partial charge in [0.15, 0.2) is 0 Å². The number of urea groups is 1. The molecule has 116 valence electrons. The highest BCUT2D eigenvalue weighted by Crippen LogP contribution is 2.18. The fourth-order valence-electron chi connectivity index (χ4n) is 2.66. The van der Waals surface area contributed by atoms with E-state index in [-0.39, 0.29) is 18.2 Å². The number of carbonyl (C=O) groups excluding carboxylic acids is 1. The Kier molecular flexibility index (Phi) is 5.63. The Bertz CT molecular complexity index is 319. The molecule has 2 aliphatic rings. The third-order valence-electron chi connectivity index (χ3n) is 4.37. The number of aliphatic hydroxyl groups is 1. The molecule has 1 saturated carbocycles. The summed E-state index contributed by atoms with van der Waals surface area (Å²) < 4.78 is 5.62. The number of nitrogens with zero attached hydrogens (tertiary/aromatic N) is 1. The molecular weight excluding hydrogens is 258 g/mol. The summed E-state index contributed by atoms with van der Waals surface area (Å²) in [6, 6.07) is -0.192. The summed E-state index contributed by atoms with van der Waals surface area (Å²) >= 11 is 0. The molecule has 20 heavy (non-hydrogen) atoms. The lowest BCUT2D eigenvalue weighted by Crippen LogP contribution is -2.52. The molecule has 0 spiro atoms. The number of hydrogen-bond donors (Lipinski definition) is 3. The van der Waals surface area contributed by atoms with E-state index in [1.807, 2.05) is 0 Å². The van der Waals surface area contributed by atoms with Crippen LogP contribution in [0.4, 0.5) is 4.79 Å². The molecule has 0 aromatic rings. The normalized spacial score (nSPS) is 30.3. The zero-order chi connectivity index (χ0) is 14.5. The predicted molar refractivity (Wildman–Crippen MR) is 76.6 cm³/mol. The molecule has 0 radical (unpaired) electrons. The maximum Gasteiger partial charge on any atom is 0.315 e. The van der Waals surface area contributed by atoms with Crippen molar-refractivity contribution in [2.45, 2.75) is 57.4 Å². The Balaban J connectivity index is 1.74. The van der Waals surface area contributed by atoms with Crippen molar-refractivity contribution < 1.29 is 14.6 Å². The Morgan fingerprint density at radius 3 is 2.55 bits per heavy atom. The largest absolute Gasteiger partial charge is 0.388 e. The second-order valence-corrected chi connectivity index (χ2v) is 5.70. The highest BCUT2D eigenvalue weighted by atomic mass is 16.5. The molecule has 6 heteroatoms. The third kappa shape index (κ3) is 3.84. The smallest absolute Gasteiger partial charge is 0.315 e. The highest BCUT2D eigenvalue weighted by Gasteiger charge is 2.37. The first-order valence-corrected chi connectivity index (χ1v) is 7.73. The van der Waals surface area contributed by atoms with Gasteiger partial charge in [0.1, 0.15) is 6.10 Å². The number of hydrogen-bond acceptors (Lipinski definition) is 4. The van der Waals surface area contributed by atoms with E-state index in [9.17, 15) is 9.90 Å². The van der Waals surface area contributed by atoms with E-state index in [4.69, 9.17) is 4.74 Å². The van der Waals surface area contributed by atoms with Crippen molar-refractivity contribution in [1.29, 1.82) is 0 Å². The van der Waals surface area contributed by atoms with Gasteiger partial charge >= 0.3 is 6.03 Å². The van der Waals surface area contributed by atoms with Gasteiger partial charge in [0.25, 0.3) is 0 Å². The van der Waals surface area contributed by atoms with Crippen molar-refractivity contribution in [2.24, 2.45) is 0 Å². The number of aliphatic hydroxyl groups excluding tert-OH is 1. The molecule has 1 aliphatic heterocycles. The van der Waals surface area contributed by atoms with Crippen LogP contribution < -0.4 is 10.6 Å². The highest BCUT2D eigenvalue weighted by molar-refractivity contribution is 5.74. The van der Waals surface area contributed by atoms with Gasteiger partial charge in [-0.2, -0.15) is 0 Å². The Morgan fingerprint density at radius 1 is 1.30 bits per heavy atom. The molecule has 3 atom stereocenters. The van der Waals surface area contributed by atoms with Crippen molar-refractivity contribution in [3.63, 3.8) is 0 Å². The summed E-state index contributed by atoms with van der Waals surface area (Å²) in [5.41, 5.74) is 0. The van der Waals surface area contributed by atoms with Crippen LogP contribution in [0.15, 0.2) is 0 Å². The molecule has 6 nitrogen and oxygen atoms in total. The minimum atomic E-state index is -0.636. The standard InChI is InChI=1S/C14H27N3O3/c1-3-17(4-2)8-12-13(18)11(9-20-12)16-14(19)15-10-6-5-7-10/h10-13,18H,3-9H2,1-2H3,(H2,15,16,19)/t11-,12-,13+/m0/s1. The molecular formula is C14H27N3O3. The van der Waals surface area contributed by atoms with Crippen LogP contribution in [0.1, 0.15) is 33.1 Å². The van der Waals surface area contributed by atoms with E-state index in [0.29, 0.717) is 19.2 Å². The summed E-state index contributed by atoms with van der Waals surface area (Å²) in [5.74, 6) is 0. The summed E-state index contributed by atoms with van der Waals surface area (Å²) in [6.45, 7) is 7.13. The Labute approximate surface area is 120 Å². The third-order valence-corrected chi connectivity index (χ3v) is 4.37. The van der Waals surface area contributed by atoms with Crippen LogP contribution >= 0.6 is 0 Å². The zero-order valence-corrected chi connectivity index (χ0v) is 12.5. The lowest BCUT2D eigenvalue weighted by molar-refractivity contribution is 0.0173. The second-order valence-electron chi connectivity index (χ2n) is 5.70. The molecule has 3 N–H and O–H groups in total. The minimum absolute atomic E-state index is 0.189. The molecule has 1 saturated heterocycles. The summed E-state index contributed by atoms with van der Waals surface area (Å²) in [4.78, 5) is 14.0. The van der Waals surface area contributed by atoms with E-state index in [0.717, 1.165) is 25.9 Å². The molecule has 0 bridgehead atoms. The zero-order valence-electron chi connectivity index (χ0n) is 12.5. The van der Waals surface area contributed by atoms with Crippen LogP contribution in [0.5, 0.6) is 0 Å². The fraction of sp³-hybridized carbons (Fsp3) is 0.929. The van der Waals surface area contributed by atoms with Crippen molar-refractivity contribution in [3.05, 3.63) is 0 Å². The summed E-state index contributed by atoms with van der Waals surface area (Å²) in [5, 5.41) is 16.0. The van der Waals surface area contributed by atoms with Gasteiger partial charge in [-0.25, -0.2) is 4.79 Å². The van der Waals surface area contributed by atoms with E-state index in [1.54, 1.807) is 0 Å². The fourth-order valence-corrected chi connectivity index (χ4v) is 2.66. The van der Waals surface area contributed by atoms with E-state index in [2.05, 4.69) is 29.4 Å². The molecule has 0 aromatic carbocycles.